The standard InChI is InChI=1S/C12H12N4O4S/c1-9-15-12(20-16-9)8-14-21(18,19)11-5-10(3-2-4-17)6-13-7-11/h5-7,14,17H,4,8H2,1H3. The quantitative estimate of drug-likeness (QED) is 0.737. The van der Waals surface area contributed by atoms with Crippen LogP contribution in [0.2, 0.25) is 0 Å². The first-order chi connectivity index (χ1) is 10.0. The second-order valence-electron chi connectivity index (χ2n) is 3.93. The van der Waals surface area contributed by atoms with Gasteiger partial charge in [0.1, 0.15) is 11.5 Å². The lowest BCUT2D eigenvalue weighted by Gasteiger charge is -2.04. The van der Waals surface area contributed by atoms with E-state index in [1.165, 1.54) is 18.5 Å². The molecule has 0 aromatic carbocycles. The third-order valence-electron chi connectivity index (χ3n) is 2.32. The van der Waals surface area contributed by atoms with Crippen molar-refractivity contribution in [2.45, 2.75) is 18.4 Å². The zero-order valence-electron chi connectivity index (χ0n) is 11.1. The van der Waals surface area contributed by atoms with Gasteiger partial charge in [0, 0.05) is 18.0 Å². The van der Waals surface area contributed by atoms with Crippen LogP contribution in [0.3, 0.4) is 0 Å². The fraction of sp³-hybridized carbons (Fsp3) is 0.250. The van der Waals surface area contributed by atoms with Gasteiger partial charge in [-0.3, -0.25) is 4.98 Å². The number of hydrogen-bond acceptors (Lipinski definition) is 7. The lowest BCUT2D eigenvalue weighted by atomic mass is 10.3. The summed E-state index contributed by atoms with van der Waals surface area (Å²) < 4.78 is 31.3. The summed E-state index contributed by atoms with van der Waals surface area (Å²) in [5, 5.41) is 12.2. The maximum Gasteiger partial charge on any atom is 0.242 e. The molecular weight excluding hydrogens is 296 g/mol. The van der Waals surface area contributed by atoms with E-state index in [-0.39, 0.29) is 23.9 Å². The van der Waals surface area contributed by atoms with Gasteiger partial charge in [-0.25, -0.2) is 13.1 Å². The van der Waals surface area contributed by atoms with Gasteiger partial charge >= 0.3 is 0 Å². The molecule has 21 heavy (non-hydrogen) atoms. The molecule has 2 N–H and O–H groups in total. The number of pyridine rings is 1. The zero-order chi connectivity index (χ0) is 15.3. The maximum atomic E-state index is 12.1. The smallest absolute Gasteiger partial charge is 0.242 e. The van der Waals surface area contributed by atoms with Gasteiger partial charge in [0.25, 0.3) is 0 Å². The highest BCUT2D eigenvalue weighted by molar-refractivity contribution is 7.89. The monoisotopic (exact) mass is 308 g/mol. The normalized spacial score (nSPS) is 11.0. The number of nitrogens with zero attached hydrogens (tertiary/aromatic N) is 3. The molecule has 9 heteroatoms. The Morgan fingerprint density at radius 2 is 2.24 bits per heavy atom. The first-order valence-corrected chi connectivity index (χ1v) is 7.33. The molecule has 0 atom stereocenters. The van der Waals surface area contributed by atoms with Crippen LogP contribution in [0.15, 0.2) is 27.9 Å². The summed E-state index contributed by atoms with van der Waals surface area (Å²) in [6.07, 6.45) is 2.61. The average Bonchev–Trinajstić information content (AvgIpc) is 2.89. The molecule has 0 saturated heterocycles. The van der Waals surface area contributed by atoms with E-state index in [9.17, 15) is 8.42 Å². The summed E-state index contributed by atoms with van der Waals surface area (Å²) in [6.45, 7) is 1.20. The van der Waals surface area contributed by atoms with E-state index in [1.54, 1.807) is 6.92 Å². The molecule has 2 rings (SSSR count). The average molecular weight is 308 g/mol. The number of sulfonamides is 1. The summed E-state index contributed by atoms with van der Waals surface area (Å²) in [5.74, 6) is 5.60. The molecular formula is C12H12N4O4S. The molecule has 0 amide bonds. The van der Waals surface area contributed by atoms with E-state index >= 15 is 0 Å². The molecule has 0 fully saturated rings. The second-order valence-corrected chi connectivity index (χ2v) is 5.70. The van der Waals surface area contributed by atoms with Crippen LogP contribution in [-0.4, -0.2) is 35.3 Å². The van der Waals surface area contributed by atoms with Crippen molar-refractivity contribution in [1.29, 1.82) is 0 Å². The van der Waals surface area contributed by atoms with Crippen molar-refractivity contribution in [1.82, 2.24) is 19.8 Å². The second kappa shape index (κ2) is 6.45. The van der Waals surface area contributed by atoms with Gasteiger partial charge in [-0.05, 0) is 13.0 Å². The van der Waals surface area contributed by atoms with Crippen LogP contribution in [0.1, 0.15) is 17.3 Å². The summed E-state index contributed by atoms with van der Waals surface area (Å²) in [5.41, 5.74) is 0.389. The molecule has 0 bridgehead atoms. The molecule has 110 valence electrons. The van der Waals surface area contributed by atoms with Crippen molar-refractivity contribution in [3.05, 3.63) is 35.7 Å². The first-order valence-electron chi connectivity index (χ1n) is 5.85. The van der Waals surface area contributed by atoms with Crippen LogP contribution in [0.25, 0.3) is 0 Å². The van der Waals surface area contributed by atoms with Crippen molar-refractivity contribution < 1.29 is 18.0 Å². The Morgan fingerprint density at radius 3 is 2.90 bits per heavy atom. The van der Waals surface area contributed by atoms with Crippen molar-refractivity contribution in [3.63, 3.8) is 0 Å². The molecule has 8 nitrogen and oxygen atoms in total. The number of rotatable bonds is 4. The molecule has 0 saturated carbocycles. The minimum absolute atomic E-state index is 0.0384. The molecule has 0 aliphatic rings. The molecule has 2 aromatic rings. The van der Waals surface area contributed by atoms with Crippen molar-refractivity contribution in [2.75, 3.05) is 6.61 Å². The summed E-state index contributed by atoms with van der Waals surface area (Å²) in [4.78, 5) is 7.66. The fourth-order valence-corrected chi connectivity index (χ4v) is 2.39. The van der Waals surface area contributed by atoms with Gasteiger partial charge < -0.3 is 9.63 Å². The predicted octanol–water partition coefficient (Wildman–Crippen LogP) is -0.405. The topological polar surface area (TPSA) is 118 Å². The maximum absolute atomic E-state index is 12.1. The molecule has 0 aliphatic carbocycles. The van der Waals surface area contributed by atoms with E-state index in [4.69, 9.17) is 9.63 Å². The Balaban J connectivity index is 2.15. The SMILES string of the molecule is Cc1noc(CNS(=O)(=O)c2cncc(C#CCO)c2)n1. The van der Waals surface area contributed by atoms with Crippen LogP contribution >= 0.6 is 0 Å². The summed E-state index contributed by atoms with van der Waals surface area (Å²) in [6, 6.07) is 1.36. The molecule has 0 spiro atoms. The van der Waals surface area contributed by atoms with E-state index < -0.39 is 10.0 Å². The zero-order valence-corrected chi connectivity index (χ0v) is 11.9. The summed E-state index contributed by atoms with van der Waals surface area (Å²) in [7, 11) is -3.77. The van der Waals surface area contributed by atoms with Crippen LogP contribution in [-0.2, 0) is 16.6 Å². The largest absolute Gasteiger partial charge is 0.384 e. The lowest BCUT2D eigenvalue weighted by molar-refractivity contribution is 0.350. The van der Waals surface area contributed by atoms with Gasteiger partial charge in [-0.2, -0.15) is 4.98 Å². The van der Waals surface area contributed by atoms with Crippen molar-refractivity contribution in [2.24, 2.45) is 0 Å². The number of aryl methyl sites for hydroxylation is 1. The van der Waals surface area contributed by atoms with Gasteiger partial charge in [-0.1, -0.05) is 17.0 Å². The molecule has 2 aromatic heterocycles. The highest BCUT2D eigenvalue weighted by atomic mass is 32.2. The van der Waals surface area contributed by atoms with Gasteiger partial charge in [0.05, 0.1) is 6.54 Å². The van der Waals surface area contributed by atoms with Crippen molar-refractivity contribution >= 4 is 10.0 Å². The van der Waals surface area contributed by atoms with E-state index in [0.717, 1.165) is 0 Å². The van der Waals surface area contributed by atoms with Crippen LogP contribution < -0.4 is 4.72 Å². The van der Waals surface area contributed by atoms with E-state index in [0.29, 0.717) is 11.4 Å². The minimum Gasteiger partial charge on any atom is -0.384 e. The number of aliphatic hydroxyl groups excluding tert-OH is 1. The summed E-state index contributed by atoms with van der Waals surface area (Å²) >= 11 is 0. The lowest BCUT2D eigenvalue weighted by Crippen LogP contribution is -2.23. The molecule has 0 aliphatic heterocycles. The van der Waals surface area contributed by atoms with Gasteiger partial charge in [0.2, 0.25) is 15.9 Å². The highest BCUT2D eigenvalue weighted by Gasteiger charge is 2.16. The minimum atomic E-state index is -3.77. The van der Waals surface area contributed by atoms with Gasteiger partial charge in [-0.15, -0.1) is 0 Å². The van der Waals surface area contributed by atoms with Crippen LogP contribution in [0.5, 0.6) is 0 Å². The predicted molar refractivity (Wildman–Crippen MR) is 71.3 cm³/mol. The first kappa shape index (κ1) is 15.1. The molecule has 0 radical (unpaired) electrons. The fourth-order valence-electron chi connectivity index (χ4n) is 1.43. The Bertz CT molecular complexity index is 789. The number of nitrogens with one attached hydrogen (secondary N) is 1. The third kappa shape index (κ3) is 4.09. The van der Waals surface area contributed by atoms with Gasteiger partial charge in [0.15, 0.2) is 5.82 Å². The molecule has 2 heterocycles. The Morgan fingerprint density at radius 1 is 1.43 bits per heavy atom. The number of hydrogen-bond donors (Lipinski definition) is 2. The number of aromatic nitrogens is 3. The number of aliphatic hydroxyl groups is 1. The van der Waals surface area contributed by atoms with E-state index in [1.807, 2.05) is 0 Å². The Kier molecular flexibility index (Phi) is 4.64. The Hall–Kier alpha value is -2.28. The van der Waals surface area contributed by atoms with Crippen LogP contribution in [0, 0.1) is 18.8 Å². The third-order valence-corrected chi connectivity index (χ3v) is 3.69. The van der Waals surface area contributed by atoms with E-state index in [2.05, 4.69) is 31.7 Å². The Labute approximate surface area is 121 Å². The van der Waals surface area contributed by atoms with Crippen LogP contribution in [0.4, 0.5) is 0 Å². The molecule has 0 unspecified atom stereocenters. The van der Waals surface area contributed by atoms with Crippen molar-refractivity contribution in [3.8, 4) is 11.8 Å². The highest BCUT2D eigenvalue weighted by Crippen LogP contribution is 2.09.